The molecule has 0 radical (unpaired) electrons. The van der Waals surface area contributed by atoms with Gasteiger partial charge >= 0.3 is 0 Å². The molecule has 34 heavy (non-hydrogen) atoms. The lowest BCUT2D eigenvalue weighted by Gasteiger charge is -2.65. The monoisotopic (exact) mass is 459 g/mol. The molecule has 0 bridgehead atoms. The van der Waals surface area contributed by atoms with Crippen LogP contribution in [-0.2, 0) is 0 Å². The minimum atomic E-state index is -0.117. The summed E-state index contributed by atoms with van der Waals surface area (Å²) >= 11 is 0. The van der Waals surface area contributed by atoms with Crippen LogP contribution in [0, 0.1) is 62.6 Å². The second kappa shape index (κ2) is 8.84. The van der Waals surface area contributed by atoms with Crippen molar-refractivity contribution in [2.24, 2.45) is 51.2 Å². The van der Waals surface area contributed by atoms with Crippen molar-refractivity contribution in [1.82, 2.24) is 0 Å². The fourth-order valence-corrected chi connectivity index (χ4v) is 9.61. The number of hydrogen-bond acceptors (Lipinski definition) is 1. The Labute approximate surface area is 210 Å². The molecule has 0 aliphatic heterocycles. The predicted octanol–water partition coefficient (Wildman–Crippen LogP) is 9.45. The quantitative estimate of drug-likeness (QED) is 0.375. The summed E-state index contributed by atoms with van der Waals surface area (Å²) in [5.41, 5.74) is 3.99. The molecule has 0 aromatic rings. The summed E-state index contributed by atoms with van der Waals surface area (Å²) in [7, 11) is 0. The van der Waals surface area contributed by atoms with Gasteiger partial charge in [-0.25, -0.2) is 0 Å². The molecule has 4 aliphatic carbocycles. The predicted molar refractivity (Wildman–Crippen MR) is 145 cm³/mol. The van der Waals surface area contributed by atoms with Crippen LogP contribution in [0.1, 0.15) is 99.3 Å². The van der Waals surface area contributed by atoms with E-state index in [4.69, 9.17) is 6.58 Å². The molecule has 8 unspecified atom stereocenters. The average molecular weight is 460 g/mol. The highest BCUT2D eigenvalue weighted by Crippen LogP contribution is 2.70. The third kappa shape index (κ3) is 3.79. The Morgan fingerprint density at radius 1 is 1.12 bits per heavy atom. The second-order valence-corrected chi connectivity index (χ2v) is 13.7. The van der Waals surface area contributed by atoms with Gasteiger partial charge in [-0.1, -0.05) is 89.6 Å². The number of allylic oxidation sites excluding steroid dienone is 6. The first-order valence-electron chi connectivity index (χ1n) is 14.1. The highest BCUT2D eigenvalue weighted by Gasteiger charge is 2.61. The van der Waals surface area contributed by atoms with Gasteiger partial charge < -0.3 is 0 Å². The molecule has 186 valence electrons. The SMILES string of the molecule is C=C/C=C\C1(C)C2=CC(=C)C3C4CC(C)(C)CCC4(CCC)CCC3C2(C)CCC1C(C)C#N. The van der Waals surface area contributed by atoms with Crippen molar-refractivity contribution in [3.05, 3.63) is 48.6 Å². The summed E-state index contributed by atoms with van der Waals surface area (Å²) in [5, 5.41) is 9.87. The lowest BCUT2D eigenvalue weighted by molar-refractivity contribution is -0.0958. The summed E-state index contributed by atoms with van der Waals surface area (Å²) in [6.45, 7) is 23.3. The molecular formula is C33H49N. The summed E-state index contributed by atoms with van der Waals surface area (Å²) in [5.74, 6) is 2.44. The molecule has 0 aromatic carbocycles. The van der Waals surface area contributed by atoms with E-state index in [1.165, 1.54) is 56.9 Å². The standard InChI is InChI=1S/C33H49N/c1-9-11-15-31(7)25(24(4)22-34)12-16-32(8)26-13-17-33(14-10-2)19-18-30(5,6)21-27(33)29(26)23(3)20-28(31)32/h9,11,15,20,24-27,29H,1,3,10,12-14,16-19,21H2,2,4-8H3/b15-11-. The molecule has 1 nitrogen and oxygen atoms in total. The third-order valence-electron chi connectivity index (χ3n) is 11.3. The summed E-state index contributed by atoms with van der Waals surface area (Å²) < 4.78 is 0. The fourth-order valence-electron chi connectivity index (χ4n) is 9.61. The fraction of sp³-hybridized carbons (Fsp3) is 0.727. The molecule has 3 fully saturated rings. The number of nitrogens with zero attached hydrogens (tertiary/aromatic N) is 1. The van der Waals surface area contributed by atoms with Crippen LogP contribution in [0.25, 0.3) is 0 Å². The zero-order valence-electron chi connectivity index (χ0n) is 22.9. The molecular weight excluding hydrogens is 410 g/mol. The zero-order valence-corrected chi connectivity index (χ0v) is 22.9. The van der Waals surface area contributed by atoms with Gasteiger partial charge in [-0.2, -0.15) is 5.26 Å². The molecule has 3 saturated carbocycles. The van der Waals surface area contributed by atoms with E-state index in [9.17, 15) is 5.26 Å². The molecule has 0 N–H and O–H groups in total. The van der Waals surface area contributed by atoms with Gasteiger partial charge in [-0.15, -0.1) is 0 Å². The minimum absolute atomic E-state index is 0.0404. The molecule has 0 spiro atoms. The van der Waals surface area contributed by atoms with E-state index in [1.807, 2.05) is 6.08 Å². The first kappa shape index (κ1) is 25.5. The second-order valence-electron chi connectivity index (χ2n) is 13.7. The maximum atomic E-state index is 9.87. The van der Waals surface area contributed by atoms with Crippen LogP contribution >= 0.6 is 0 Å². The van der Waals surface area contributed by atoms with Gasteiger partial charge in [0.1, 0.15) is 0 Å². The Morgan fingerprint density at radius 3 is 2.50 bits per heavy atom. The lowest BCUT2D eigenvalue weighted by Crippen LogP contribution is -2.57. The lowest BCUT2D eigenvalue weighted by atomic mass is 9.39. The van der Waals surface area contributed by atoms with E-state index in [2.05, 4.69) is 72.4 Å². The molecule has 1 heteroatoms. The van der Waals surface area contributed by atoms with Crippen LogP contribution in [0.5, 0.6) is 0 Å². The summed E-state index contributed by atoms with van der Waals surface area (Å²) in [6, 6.07) is 2.60. The van der Waals surface area contributed by atoms with Gasteiger partial charge in [0.25, 0.3) is 0 Å². The smallest absolute Gasteiger partial charge is 0.0656 e. The molecule has 0 aromatic heterocycles. The number of rotatable bonds is 5. The Kier molecular flexibility index (Phi) is 6.64. The van der Waals surface area contributed by atoms with E-state index in [0.29, 0.717) is 28.6 Å². The molecule has 0 amide bonds. The van der Waals surface area contributed by atoms with E-state index in [1.54, 1.807) is 5.57 Å². The van der Waals surface area contributed by atoms with E-state index in [-0.39, 0.29) is 16.7 Å². The average Bonchev–Trinajstić information content (AvgIpc) is 2.79. The van der Waals surface area contributed by atoms with Crippen LogP contribution in [0.3, 0.4) is 0 Å². The Hall–Kier alpha value is -1.55. The maximum Gasteiger partial charge on any atom is 0.0656 e. The summed E-state index contributed by atoms with van der Waals surface area (Å²) in [4.78, 5) is 0. The first-order chi connectivity index (χ1) is 16.0. The molecule has 4 rings (SSSR count). The van der Waals surface area contributed by atoms with Crippen molar-refractivity contribution in [3.8, 4) is 6.07 Å². The van der Waals surface area contributed by atoms with Gasteiger partial charge in [0, 0.05) is 11.3 Å². The normalized spacial score (nSPS) is 44.3. The number of hydrogen-bond donors (Lipinski definition) is 0. The Bertz CT molecular complexity index is 927. The van der Waals surface area contributed by atoms with Crippen molar-refractivity contribution in [1.29, 1.82) is 5.26 Å². The van der Waals surface area contributed by atoms with Gasteiger partial charge in [0.05, 0.1) is 6.07 Å². The largest absolute Gasteiger partial charge is 0.198 e. The van der Waals surface area contributed by atoms with Crippen LogP contribution in [0.4, 0.5) is 0 Å². The van der Waals surface area contributed by atoms with Gasteiger partial charge in [-0.3, -0.25) is 0 Å². The zero-order chi connectivity index (χ0) is 24.9. The maximum absolute atomic E-state index is 9.87. The number of nitriles is 1. The van der Waals surface area contributed by atoms with E-state index >= 15 is 0 Å². The van der Waals surface area contributed by atoms with Crippen molar-refractivity contribution >= 4 is 0 Å². The third-order valence-corrected chi connectivity index (χ3v) is 11.3. The Morgan fingerprint density at radius 2 is 1.85 bits per heavy atom. The highest BCUT2D eigenvalue weighted by molar-refractivity contribution is 5.44. The van der Waals surface area contributed by atoms with Gasteiger partial charge in [0.2, 0.25) is 0 Å². The highest BCUT2D eigenvalue weighted by atomic mass is 14.7. The van der Waals surface area contributed by atoms with Crippen molar-refractivity contribution < 1.29 is 0 Å². The van der Waals surface area contributed by atoms with Crippen molar-refractivity contribution in [2.75, 3.05) is 0 Å². The van der Waals surface area contributed by atoms with Crippen LogP contribution in [0.2, 0.25) is 0 Å². The minimum Gasteiger partial charge on any atom is -0.198 e. The first-order valence-corrected chi connectivity index (χ1v) is 14.1. The number of fused-ring (bicyclic) bond motifs is 5. The summed E-state index contributed by atoms with van der Waals surface area (Å²) in [6.07, 6.45) is 20.8. The van der Waals surface area contributed by atoms with Gasteiger partial charge in [0.15, 0.2) is 0 Å². The van der Waals surface area contributed by atoms with E-state index in [0.717, 1.165) is 12.3 Å². The topological polar surface area (TPSA) is 23.8 Å². The van der Waals surface area contributed by atoms with Crippen molar-refractivity contribution in [2.45, 2.75) is 99.3 Å². The Balaban J connectivity index is 1.83. The van der Waals surface area contributed by atoms with Crippen LogP contribution in [0.15, 0.2) is 48.6 Å². The molecule has 8 atom stereocenters. The van der Waals surface area contributed by atoms with Gasteiger partial charge in [-0.05, 0) is 98.2 Å². The molecule has 0 saturated heterocycles. The van der Waals surface area contributed by atoms with Crippen LogP contribution in [-0.4, -0.2) is 0 Å². The molecule has 0 heterocycles. The van der Waals surface area contributed by atoms with E-state index < -0.39 is 0 Å². The van der Waals surface area contributed by atoms with Crippen molar-refractivity contribution in [3.63, 3.8) is 0 Å². The van der Waals surface area contributed by atoms with Crippen LogP contribution < -0.4 is 0 Å². The molecule has 4 aliphatic rings.